The van der Waals surface area contributed by atoms with Crippen LogP contribution in [0, 0.1) is 5.92 Å². The van der Waals surface area contributed by atoms with Crippen LogP contribution in [0.5, 0.6) is 0 Å². The molecule has 1 amide bonds. The molecule has 25 heavy (non-hydrogen) atoms. The first-order chi connectivity index (χ1) is 12.2. The van der Waals surface area contributed by atoms with E-state index < -0.39 is 0 Å². The van der Waals surface area contributed by atoms with Crippen LogP contribution in [0.1, 0.15) is 34.5 Å². The predicted molar refractivity (Wildman–Crippen MR) is 96.1 cm³/mol. The highest BCUT2D eigenvalue weighted by Crippen LogP contribution is 2.20. The summed E-state index contributed by atoms with van der Waals surface area (Å²) in [6, 6.07) is 9.55. The molecule has 1 aliphatic heterocycles. The molecule has 0 unspecified atom stereocenters. The second-order valence-electron chi connectivity index (χ2n) is 6.56. The highest BCUT2D eigenvalue weighted by atomic mass is 16.3. The van der Waals surface area contributed by atoms with Crippen molar-refractivity contribution in [1.82, 2.24) is 4.90 Å². The lowest BCUT2D eigenvalue weighted by atomic mass is 9.97. The molecule has 0 bridgehead atoms. The quantitative estimate of drug-likeness (QED) is 0.748. The van der Waals surface area contributed by atoms with Crippen molar-refractivity contribution in [3.8, 4) is 0 Å². The van der Waals surface area contributed by atoms with Gasteiger partial charge in [0.15, 0.2) is 0 Å². The van der Waals surface area contributed by atoms with Crippen LogP contribution in [0.25, 0.3) is 0 Å². The van der Waals surface area contributed by atoms with Gasteiger partial charge in [0.2, 0.25) is 0 Å². The zero-order valence-corrected chi connectivity index (χ0v) is 14.3. The Morgan fingerprint density at radius 1 is 1.32 bits per heavy atom. The molecule has 0 saturated carbocycles. The molecular formula is C19H25N3O3. The lowest BCUT2D eigenvalue weighted by Gasteiger charge is -2.31. The summed E-state index contributed by atoms with van der Waals surface area (Å²) in [5, 5.41) is 12.1. The van der Waals surface area contributed by atoms with Crippen molar-refractivity contribution in [3.05, 3.63) is 53.5 Å². The van der Waals surface area contributed by atoms with Gasteiger partial charge in [-0.25, -0.2) is 0 Å². The van der Waals surface area contributed by atoms with Gasteiger partial charge in [-0.3, -0.25) is 9.69 Å². The number of hydrogen-bond donors (Lipinski definition) is 3. The first-order valence-electron chi connectivity index (χ1n) is 8.69. The number of nitrogens with zero attached hydrogens (tertiary/aromatic N) is 1. The number of amides is 1. The standard InChI is InChI=1S/C19H25N3O3/c20-10-18-9-16(13-25-18)19(24)21-17-3-1-2-15(8-17)11-22-6-4-14(12-23)5-7-22/h1-3,8-9,13-14,23H,4-7,10-12,20H2,(H,21,24). The van der Waals surface area contributed by atoms with Crippen LogP contribution in [-0.2, 0) is 13.1 Å². The van der Waals surface area contributed by atoms with Gasteiger partial charge < -0.3 is 20.6 Å². The summed E-state index contributed by atoms with van der Waals surface area (Å²) in [7, 11) is 0. The Kier molecular flexibility index (Phi) is 5.86. The third kappa shape index (κ3) is 4.69. The molecular weight excluding hydrogens is 318 g/mol. The predicted octanol–water partition coefficient (Wildman–Crippen LogP) is 2.19. The summed E-state index contributed by atoms with van der Waals surface area (Å²) >= 11 is 0. The van der Waals surface area contributed by atoms with Crippen LogP contribution in [0.15, 0.2) is 41.0 Å². The van der Waals surface area contributed by atoms with Gasteiger partial charge >= 0.3 is 0 Å². The third-order valence-corrected chi connectivity index (χ3v) is 4.67. The molecule has 1 aromatic heterocycles. The smallest absolute Gasteiger partial charge is 0.258 e. The number of aliphatic hydroxyl groups excluding tert-OH is 1. The number of likely N-dealkylation sites (tertiary alicyclic amines) is 1. The van der Waals surface area contributed by atoms with Crippen LogP contribution in [0.4, 0.5) is 5.69 Å². The molecule has 6 nitrogen and oxygen atoms in total. The Morgan fingerprint density at radius 3 is 2.80 bits per heavy atom. The molecule has 3 rings (SSSR count). The van der Waals surface area contributed by atoms with E-state index in [1.54, 1.807) is 6.07 Å². The van der Waals surface area contributed by atoms with Crippen molar-refractivity contribution in [2.45, 2.75) is 25.9 Å². The summed E-state index contributed by atoms with van der Waals surface area (Å²) in [5.74, 6) is 0.824. The summed E-state index contributed by atoms with van der Waals surface area (Å²) in [6.45, 7) is 3.41. The highest BCUT2D eigenvalue weighted by molar-refractivity contribution is 6.04. The average Bonchev–Trinajstić information content (AvgIpc) is 3.12. The number of piperidine rings is 1. The van der Waals surface area contributed by atoms with E-state index in [1.807, 2.05) is 18.2 Å². The van der Waals surface area contributed by atoms with Gasteiger partial charge in [-0.15, -0.1) is 0 Å². The lowest BCUT2D eigenvalue weighted by Crippen LogP contribution is -2.34. The minimum Gasteiger partial charge on any atom is -0.467 e. The Bertz CT molecular complexity index is 705. The maximum atomic E-state index is 12.3. The fourth-order valence-corrected chi connectivity index (χ4v) is 3.14. The number of rotatable bonds is 6. The molecule has 0 atom stereocenters. The molecule has 0 aliphatic carbocycles. The number of carbonyl (C=O) groups is 1. The number of furan rings is 1. The molecule has 1 saturated heterocycles. The second-order valence-corrected chi connectivity index (χ2v) is 6.56. The van der Waals surface area contributed by atoms with Gasteiger partial charge in [0.25, 0.3) is 5.91 Å². The summed E-state index contributed by atoms with van der Waals surface area (Å²) < 4.78 is 5.20. The van der Waals surface area contributed by atoms with E-state index in [4.69, 9.17) is 10.2 Å². The van der Waals surface area contributed by atoms with E-state index in [0.29, 0.717) is 17.2 Å². The van der Waals surface area contributed by atoms with Crippen molar-refractivity contribution < 1.29 is 14.3 Å². The molecule has 1 aromatic carbocycles. The number of benzene rings is 1. The Balaban J connectivity index is 1.58. The van der Waals surface area contributed by atoms with Crippen LogP contribution in [-0.4, -0.2) is 35.6 Å². The van der Waals surface area contributed by atoms with Gasteiger partial charge in [-0.1, -0.05) is 12.1 Å². The zero-order valence-electron chi connectivity index (χ0n) is 14.3. The first kappa shape index (κ1) is 17.7. The molecule has 6 heteroatoms. The number of hydrogen-bond acceptors (Lipinski definition) is 5. The average molecular weight is 343 g/mol. The number of anilines is 1. The minimum absolute atomic E-state index is 0.204. The molecule has 2 heterocycles. The van der Waals surface area contributed by atoms with Gasteiger partial charge in [-0.05, 0) is 55.6 Å². The van der Waals surface area contributed by atoms with Crippen LogP contribution in [0.2, 0.25) is 0 Å². The van der Waals surface area contributed by atoms with E-state index in [2.05, 4.69) is 16.3 Å². The van der Waals surface area contributed by atoms with Crippen molar-refractivity contribution in [1.29, 1.82) is 0 Å². The molecule has 4 N–H and O–H groups in total. The van der Waals surface area contributed by atoms with Gasteiger partial charge in [-0.2, -0.15) is 0 Å². The number of aliphatic hydroxyl groups is 1. The first-order valence-corrected chi connectivity index (χ1v) is 8.69. The van der Waals surface area contributed by atoms with E-state index in [0.717, 1.165) is 43.7 Å². The molecule has 2 aromatic rings. The van der Waals surface area contributed by atoms with Crippen LogP contribution in [0.3, 0.4) is 0 Å². The fourth-order valence-electron chi connectivity index (χ4n) is 3.14. The van der Waals surface area contributed by atoms with Gasteiger partial charge in [0.05, 0.1) is 12.1 Å². The monoisotopic (exact) mass is 343 g/mol. The molecule has 0 radical (unpaired) electrons. The van der Waals surface area contributed by atoms with Gasteiger partial charge in [0.1, 0.15) is 12.0 Å². The topological polar surface area (TPSA) is 91.7 Å². The number of nitrogens with one attached hydrogen (secondary N) is 1. The minimum atomic E-state index is -0.204. The Morgan fingerprint density at radius 2 is 2.12 bits per heavy atom. The SMILES string of the molecule is NCc1cc(C(=O)Nc2cccc(CN3CCC(CO)CC3)c2)co1. The summed E-state index contributed by atoms with van der Waals surface area (Å²) in [5.41, 5.74) is 7.90. The molecule has 134 valence electrons. The third-order valence-electron chi connectivity index (χ3n) is 4.67. The van der Waals surface area contributed by atoms with E-state index in [-0.39, 0.29) is 19.1 Å². The normalized spacial score (nSPS) is 16.1. The zero-order chi connectivity index (χ0) is 17.6. The second kappa shape index (κ2) is 8.29. The number of carbonyl (C=O) groups excluding carboxylic acids is 1. The van der Waals surface area contributed by atoms with E-state index in [1.165, 1.54) is 6.26 Å². The Labute approximate surface area is 147 Å². The Hall–Kier alpha value is -2.15. The van der Waals surface area contributed by atoms with Gasteiger partial charge in [0, 0.05) is 18.8 Å². The van der Waals surface area contributed by atoms with Crippen molar-refractivity contribution in [3.63, 3.8) is 0 Å². The van der Waals surface area contributed by atoms with Crippen LogP contribution < -0.4 is 11.1 Å². The maximum absolute atomic E-state index is 12.3. The fraction of sp³-hybridized carbons (Fsp3) is 0.421. The summed E-state index contributed by atoms with van der Waals surface area (Å²) in [4.78, 5) is 14.7. The van der Waals surface area contributed by atoms with E-state index in [9.17, 15) is 9.90 Å². The highest BCUT2D eigenvalue weighted by Gasteiger charge is 2.18. The molecule has 0 spiro atoms. The van der Waals surface area contributed by atoms with Crippen molar-refractivity contribution >= 4 is 11.6 Å². The maximum Gasteiger partial charge on any atom is 0.258 e. The summed E-state index contributed by atoms with van der Waals surface area (Å²) in [6.07, 6.45) is 3.50. The molecule has 1 aliphatic rings. The largest absolute Gasteiger partial charge is 0.467 e. The van der Waals surface area contributed by atoms with E-state index >= 15 is 0 Å². The van der Waals surface area contributed by atoms with Crippen LogP contribution >= 0.6 is 0 Å². The van der Waals surface area contributed by atoms with Crippen molar-refractivity contribution in [2.75, 3.05) is 25.0 Å². The lowest BCUT2D eigenvalue weighted by molar-refractivity contribution is 0.102. The number of nitrogens with two attached hydrogens (primary N) is 1. The molecule has 1 fully saturated rings. The van der Waals surface area contributed by atoms with Crippen molar-refractivity contribution in [2.24, 2.45) is 11.7 Å².